The highest BCUT2D eigenvalue weighted by Crippen LogP contribution is 2.40. The van der Waals surface area contributed by atoms with Crippen LogP contribution in [0.25, 0.3) is 0 Å². The first kappa shape index (κ1) is 22.5. The molecule has 1 saturated carbocycles. The van der Waals surface area contributed by atoms with E-state index >= 15 is 0 Å². The highest BCUT2D eigenvalue weighted by Gasteiger charge is 2.26. The van der Waals surface area contributed by atoms with Crippen molar-refractivity contribution in [2.75, 3.05) is 6.54 Å². The van der Waals surface area contributed by atoms with Crippen molar-refractivity contribution in [3.05, 3.63) is 28.8 Å². The van der Waals surface area contributed by atoms with Crippen molar-refractivity contribution >= 4 is 28.3 Å². The van der Waals surface area contributed by atoms with Crippen LogP contribution in [-0.4, -0.2) is 16.0 Å². The Morgan fingerprint density at radius 3 is 2.04 bits per heavy atom. The summed E-state index contributed by atoms with van der Waals surface area (Å²) in [6, 6.07) is 4.31. The number of aromatic hydroxyl groups is 1. The number of phenolic OH excluding ortho intramolecular Hbond substituents is 1. The van der Waals surface area contributed by atoms with Crippen LogP contribution in [0.1, 0.15) is 90.3 Å². The van der Waals surface area contributed by atoms with Crippen LogP contribution >= 0.6 is 24.0 Å². The van der Waals surface area contributed by atoms with Gasteiger partial charge in [0.1, 0.15) is 10.1 Å². The number of hydrogen-bond acceptors (Lipinski definition) is 3. The maximum atomic E-state index is 10.8. The van der Waals surface area contributed by atoms with Crippen LogP contribution in [0.4, 0.5) is 0 Å². The van der Waals surface area contributed by atoms with Gasteiger partial charge in [0.05, 0.1) is 0 Å². The van der Waals surface area contributed by atoms with E-state index in [1.165, 1.54) is 37.7 Å². The van der Waals surface area contributed by atoms with E-state index in [1.54, 1.807) is 11.8 Å². The topological polar surface area (TPSA) is 32.3 Å². The van der Waals surface area contributed by atoms with Gasteiger partial charge < -0.3 is 10.4 Å². The maximum absolute atomic E-state index is 10.8. The Bertz CT molecular complexity index is 614. The zero-order valence-corrected chi connectivity index (χ0v) is 19.6. The fraction of sp³-hybridized carbons (Fsp3) is 0.696. The minimum atomic E-state index is -0.0928. The predicted molar refractivity (Wildman–Crippen MR) is 124 cm³/mol. The second kappa shape index (κ2) is 9.17. The third-order valence-corrected chi connectivity index (χ3v) is 6.80. The third-order valence-electron chi connectivity index (χ3n) is 5.42. The number of nitrogens with one attached hydrogen (secondary N) is 1. The average molecular weight is 408 g/mol. The van der Waals surface area contributed by atoms with Gasteiger partial charge in [0.2, 0.25) is 0 Å². The summed E-state index contributed by atoms with van der Waals surface area (Å²) >= 11 is 7.26. The molecule has 0 saturated heterocycles. The SMILES string of the molecule is CC(C)(C)c1cc(CSC(=S)NCC2CCCCC2)cc(C(C)(C)C)c1O. The van der Waals surface area contributed by atoms with Crippen molar-refractivity contribution in [3.63, 3.8) is 0 Å². The Morgan fingerprint density at radius 2 is 1.56 bits per heavy atom. The summed E-state index contributed by atoms with van der Waals surface area (Å²) in [4.78, 5) is 0. The van der Waals surface area contributed by atoms with Crippen molar-refractivity contribution in [2.45, 2.75) is 90.2 Å². The standard InChI is InChI=1S/C23H37NOS2/c1-22(2,3)18-12-17(13-19(20(18)25)23(4,5)6)15-27-21(26)24-14-16-10-8-7-9-11-16/h12-13,16,25H,7-11,14-15H2,1-6H3,(H,24,26). The third kappa shape index (κ3) is 6.67. The summed E-state index contributed by atoms with van der Waals surface area (Å²) in [6.45, 7) is 13.9. The lowest BCUT2D eigenvalue weighted by Crippen LogP contribution is -2.27. The van der Waals surface area contributed by atoms with Gasteiger partial charge in [-0.25, -0.2) is 0 Å². The van der Waals surface area contributed by atoms with E-state index in [4.69, 9.17) is 12.2 Å². The van der Waals surface area contributed by atoms with Crippen LogP contribution < -0.4 is 5.32 Å². The van der Waals surface area contributed by atoms with Gasteiger partial charge in [-0.05, 0) is 46.3 Å². The average Bonchev–Trinajstić information content (AvgIpc) is 2.58. The van der Waals surface area contributed by atoms with Gasteiger partial charge in [-0.3, -0.25) is 0 Å². The molecule has 0 atom stereocenters. The van der Waals surface area contributed by atoms with E-state index in [1.807, 2.05) is 0 Å². The molecule has 0 aromatic heterocycles. The van der Waals surface area contributed by atoms with Crippen LogP contribution in [-0.2, 0) is 16.6 Å². The van der Waals surface area contributed by atoms with E-state index < -0.39 is 0 Å². The lowest BCUT2D eigenvalue weighted by Gasteiger charge is -2.28. The number of phenols is 1. The molecule has 152 valence electrons. The molecule has 1 aromatic rings. The molecule has 0 aliphatic heterocycles. The fourth-order valence-corrected chi connectivity index (χ4v) is 4.65. The molecule has 0 amide bonds. The van der Waals surface area contributed by atoms with Crippen molar-refractivity contribution in [2.24, 2.45) is 5.92 Å². The number of benzene rings is 1. The van der Waals surface area contributed by atoms with Gasteiger partial charge in [0.25, 0.3) is 0 Å². The van der Waals surface area contributed by atoms with Crippen molar-refractivity contribution in [1.82, 2.24) is 5.32 Å². The van der Waals surface area contributed by atoms with Gasteiger partial charge in [-0.15, -0.1) is 0 Å². The van der Waals surface area contributed by atoms with Crippen LogP contribution in [0.5, 0.6) is 5.75 Å². The van der Waals surface area contributed by atoms with Gasteiger partial charge in [0.15, 0.2) is 0 Å². The molecule has 1 aromatic carbocycles. The van der Waals surface area contributed by atoms with E-state index in [-0.39, 0.29) is 10.8 Å². The minimum absolute atomic E-state index is 0.0928. The zero-order valence-electron chi connectivity index (χ0n) is 17.9. The van der Waals surface area contributed by atoms with Gasteiger partial charge >= 0.3 is 0 Å². The van der Waals surface area contributed by atoms with Gasteiger partial charge in [0, 0.05) is 12.3 Å². The Labute approximate surface area is 175 Å². The molecule has 0 bridgehead atoms. The summed E-state index contributed by atoms with van der Waals surface area (Å²) in [7, 11) is 0. The largest absolute Gasteiger partial charge is 0.507 e. The Hall–Kier alpha value is -0.740. The smallest absolute Gasteiger partial charge is 0.134 e. The van der Waals surface area contributed by atoms with Crippen LogP contribution in [0, 0.1) is 5.92 Å². The highest BCUT2D eigenvalue weighted by molar-refractivity contribution is 8.22. The first-order valence-electron chi connectivity index (χ1n) is 10.3. The van der Waals surface area contributed by atoms with Crippen molar-refractivity contribution in [1.29, 1.82) is 0 Å². The molecule has 1 aliphatic carbocycles. The van der Waals surface area contributed by atoms with Crippen molar-refractivity contribution in [3.8, 4) is 5.75 Å². The Balaban J connectivity index is 2.05. The lowest BCUT2D eigenvalue weighted by molar-refractivity contribution is 0.358. The first-order valence-corrected chi connectivity index (χ1v) is 11.7. The fourth-order valence-electron chi connectivity index (χ4n) is 3.74. The summed E-state index contributed by atoms with van der Waals surface area (Å²) in [5, 5.41) is 14.3. The molecule has 0 unspecified atom stereocenters. The van der Waals surface area contributed by atoms with E-state index in [2.05, 4.69) is 59.0 Å². The first-order chi connectivity index (χ1) is 12.5. The van der Waals surface area contributed by atoms with Crippen LogP contribution in [0.3, 0.4) is 0 Å². The second-order valence-electron chi connectivity index (χ2n) is 10.0. The minimum Gasteiger partial charge on any atom is -0.507 e. The molecule has 2 N–H and O–H groups in total. The monoisotopic (exact) mass is 407 g/mol. The molecule has 4 heteroatoms. The molecule has 0 radical (unpaired) electrons. The van der Waals surface area contributed by atoms with Crippen LogP contribution in [0.15, 0.2) is 12.1 Å². The molecule has 1 fully saturated rings. The van der Waals surface area contributed by atoms with E-state index in [9.17, 15) is 5.11 Å². The van der Waals surface area contributed by atoms with E-state index in [0.717, 1.165) is 33.7 Å². The Kier molecular flexibility index (Phi) is 7.66. The summed E-state index contributed by atoms with van der Waals surface area (Å²) in [5.74, 6) is 2.07. The number of rotatable bonds is 4. The highest BCUT2D eigenvalue weighted by atomic mass is 32.2. The Morgan fingerprint density at radius 1 is 1.04 bits per heavy atom. The molecule has 1 aliphatic rings. The number of hydrogen-bond donors (Lipinski definition) is 2. The molecular weight excluding hydrogens is 370 g/mol. The summed E-state index contributed by atoms with van der Waals surface area (Å²) in [5.41, 5.74) is 3.09. The molecule has 0 heterocycles. The van der Waals surface area contributed by atoms with Gasteiger partial charge in [-0.2, -0.15) is 0 Å². The van der Waals surface area contributed by atoms with Crippen LogP contribution in [0.2, 0.25) is 0 Å². The number of thioether (sulfide) groups is 1. The van der Waals surface area contributed by atoms with E-state index in [0.29, 0.717) is 5.75 Å². The normalized spacial score (nSPS) is 16.4. The summed E-state index contributed by atoms with van der Waals surface area (Å²) in [6.07, 6.45) is 6.79. The van der Waals surface area contributed by atoms with Gasteiger partial charge in [-0.1, -0.05) is 96.9 Å². The summed E-state index contributed by atoms with van der Waals surface area (Å²) < 4.78 is 0.892. The quantitative estimate of drug-likeness (QED) is 0.546. The second-order valence-corrected chi connectivity index (χ2v) is 11.7. The molecule has 2 rings (SSSR count). The molecule has 0 spiro atoms. The molecule has 2 nitrogen and oxygen atoms in total. The van der Waals surface area contributed by atoms with Crippen molar-refractivity contribution < 1.29 is 5.11 Å². The lowest BCUT2D eigenvalue weighted by atomic mass is 9.78. The molecular formula is C23H37NOS2. The molecule has 27 heavy (non-hydrogen) atoms. The number of thiocarbonyl (C=S) groups is 1. The predicted octanol–water partition coefficient (Wildman–Crippen LogP) is 6.68. The zero-order chi connectivity index (χ0) is 20.2. The maximum Gasteiger partial charge on any atom is 0.134 e.